The maximum atomic E-state index is 10.9. The Hall–Kier alpha value is -1.03. The van der Waals surface area contributed by atoms with Gasteiger partial charge in [-0.3, -0.25) is 4.79 Å². The van der Waals surface area contributed by atoms with Crippen LogP contribution >= 0.6 is 15.9 Å². The number of benzene rings is 1. The zero-order valence-corrected chi connectivity index (χ0v) is 11.2. The smallest absolute Gasteiger partial charge is 0.153 e. The molecule has 0 N–H and O–H groups in total. The van der Waals surface area contributed by atoms with Gasteiger partial charge in [-0.2, -0.15) is 0 Å². The molecule has 0 aliphatic heterocycles. The highest BCUT2D eigenvalue weighted by atomic mass is 79.9. The highest BCUT2D eigenvalue weighted by Crippen LogP contribution is 2.33. The van der Waals surface area contributed by atoms with Gasteiger partial charge in [0.25, 0.3) is 0 Å². The van der Waals surface area contributed by atoms with E-state index in [9.17, 15) is 4.79 Å². The van der Waals surface area contributed by atoms with Crippen LogP contribution < -0.4 is 9.47 Å². The first-order valence-electron chi connectivity index (χ1n) is 5.04. The van der Waals surface area contributed by atoms with E-state index in [1.165, 1.54) is 0 Å². The van der Waals surface area contributed by atoms with E-state index in [4.69, 9.17) is 9.47 Å². The van der Waals surface area contributed by atoms with Gasteiger partial charge in [0.05, 0.1) is 23.8 Å². The molecule has 0 aliphatic carbocycles. The molecule has 1 aromatic carbocycles. The lowest BCUT2D eigenvalue weighted by molar-refractivity contribution is 0.111. The summed E-state index contributed by atoms with van der Waals surface area (Å²) in [6, 6.07) is 3.44. The average Bonchev–Trinajstić information content (AvgIpc) is 2.26. The van der Waals surface area contributed by atoms with Crippen LogP contribution in [0.4, 0.5) is 0 Å². The fraction of sp³-hybridized carbons (Fsp3) is 0.417. The number of carbonyl (C=O) groups is 1. The van der Waals surface area contributed by atoms with Gasteiger partial charge in [0.1, 0.15) is 11.5 Å². The lowest BCUT2D eigenvalue weighted by Crippen LogP contribution is -2.06. The van der Waals surface area contributed by atoms with Crippen molar-refractivity contribution in [3.63, 3.8) is 0 Å². The standard InChI is InChI=1S/C12H15BrO3/c1-8(2)7-16-12-9(6-14)4-10(15-3)5-11(12)13/h4-6,8H,7H2,1-3H3. The number of aldehydes is 1. The molecular weight excluding hydrogens is 272 g/mol. The van der Waals surface area contributed by atoms with Gasteiger partial charge in [-0.15, -0.1) is 0 Å². The first-order valence-corrected chi connectivity index (χ1v) is 5.83. The Labute approximate surface area is 104 Å². The molecule has 0 unspecified atom stereocenters. The second-order valence-electron chi connectivity index (χ2n) is 3.85. The summed E-state index contributed by atoms with van der Waals surface area (Å²) in [5.74, 6) is 1.61. The van der Waals surface area contributed by atoms with Crippen LogP contribution in [0, 0.1) is 5.92 Å². The second-order valence-corrected chi connectivity index (χ2v) is 4.70. The zero-order chi connectivity index (χ0) is 12.1. The number of carbonyl (C=O) groups excluding carboxylic acids is 1. The van der Waals surface area contributed by atoms with Crippen molar-refractivity contribution in [2.45, 2.75) is 13.8 Å². The van der Waals surface area contributed by atoms with Gasteiger partial charge < -0.3 is 9.47 Å². The monoisotopic (exact) mass is 286 g/mol. The van der Waals surface area contributed by atoms with Gasteiger partial charge >= 0.3 is 0 Å². The van der Waals surface area contributed by atoms with Crippen LogP contribution in [-0.4, -0.2) is 20.0 Å². The summed E-state index contributed by atoms with van der Waals surface area (Å²) in [4.78, 5) is 10.9. The summed E-state index contributed by atoms with van der Waals surface area (Å²) in [7, 11) is 1.56. The molecule has 3 nitrogen and oxygen atoms in total. The molecule has 0 radical (unpaired) electrons. The van der Waals surface area contributed by atoms with E-state index in [1.54, 1.807) is 19.2 Å². The molecule has 1 rings (SSSR count). The van der Waals surface area contributed by atoms with Gasteiger partial charge in [0.15, 0.2) is 6.29 Å². The van der Waals surface area contributed by atoms with E-state index in [-0.39, 0.29) is 0 Å². The maximum Gasteiger partial charge on any atom is 0.153 e. The zero-order valence-electron chi connectivity index (χ0n) is 9.62. The molecule has 0 saturated heterocycles. The molecule has 0 spiro atoms. The molecule has 0 saturated carbocycles. The fourth-order valence-electron chi connectivity index (χ4n) is 1.20. The minimum Gasteiger partial charge on any atom is -0.497 e. The van der Waals surface area contributed by atoms with E-state index >= 15 is 0 Å². The molecule has 16 heavy (non-hydrogen) atoms. The lowest BCUT2D eigenvalue weighted by atomic mass is 10.2. The number of rotatable bonds is 5. The quantitative estimate of drug-likeness (QED) is 0.779. The number of hydrogen-bond donors (Lipinski definition) is 0. The Bertz CT molecular complexity index is 375. The Morgan fingerprint density at radius 1 is 1.44 bits per heavy atom. The van der Waals surface area contributed by atoms with Crippen LogP contribution in [0.15, 0.2) is 16.6 Å². The molecule has 0 bridgehead atoms. The number of methoxy groups -OCH3 is 1. The Kier molecular flexibility index (Phi) is 4.80. The largest absolute Gasteiger partial charge is 0.497 e. The molecular formula is C12H15BrO3. The van der Waals surface area contributed by atoms with Crippen molar-refractivity contribution in [2.75, 3.05) is 13.7 Å². The molecule has 0 aromatic heterocycles. The molecule has 0 amide bonds. The van der Waals surface area contributed by atoms with Crippen LogP contribution in [0.1, 0.15) is 24.2 Å². The van der Waals surface area contributed by atoms with Gasteiger partial charge in [0.2, 0.25) is 0 Å². The van der Waals surface area contributed by atoms with Crippen molar-refractivity contribution in [3.8, 4) is 11.5 Å². The van der Waals surface area contributed by atoms with E-state index < -0.39 is 0 Å². The van der Waals surface area contributed by atoms with Crippen LogP contribution in [0.2, 0.25) is 0 Å². The Morgan fingerprint density at radius 3 is 2.62 bits per heavy atom. The molecule has 4 heteroatoms. The summed E-state index contributed by atoms with van der Waals surface area (Å²) in [5.41, 5.74) is 0.492. The van der Waals surface area contributed by atoms with E-state index in [0.29, 0.717) is 29.6 Å². The van der Waals surface area contributed by atoms with Gasteiger partial charge in [-0.25, -0.2) is 0 Å². The first kappa shape index (κ1) is 13.0. The lowest BCUT2D eigenvalue weighted by Gasteiger charge is -2.13. The third-order valence-electron chi connectivity index (χ3n) is 1.97. The summed E-state index contributed by atoms with van der Waals surface area (Å²) in [5, 5.41) is 0. The van der Waals surface area contributed by atoms with Crippen molar-refractivity contribution in [2.24, 2.45) is 5.92 Å². The predicted octanol–water partition coefficient (Wildman–Crippen LogP) is 3.31. The summed E-state index contributed by atoms with van der Waals surface area (Å²) in [6.07, 6.45) is 0.767. The Balaban J connectivity index is 3.01. The number of hydrogen-bond acceptors (Lipinski definition) is 3. The SMILES string of the molecule is COc1cc(Br)c(OCC(C)C)c(C=O)c1. The summed E-state index contributed by atoms with van der Waals surface area (Å²) >= 11 is 3.37. The summed E-state index contributed by atoms with van der Waals surface area (Å²) in [6.45, 7) is 4.68. The Morgan fingerprint density at radius 2 is 2.12 bits per heavy atom. The van der Waals surface area contributed by atoms with E-state index in [1.807, 2.05) is 0 Å². The first-order chi connectivity index (χ1) is 7.58. The van der Waals surface area contributed by atoms with Crippen molar-refractivity contribution in [1.82, 2.24) is 0 Å². The van der Waals surface area contributed by atoms with E-state index in [2.05, 4.69) is 29.8 Å². The van der Waals surface area contributed by atoms with Crippen LogP contribution in [-0.2, 0) is 0 Å². The molecule has 88 valence electrons. The van der Waals surface area contributed by atoms with Gasteiger partial charge in [0, 0.05) is 0 Å². The van der Waals surface area contributed by atoms with Gasteiger partial charge in [-0.05, 0) is 34.0 Å². The highest BCUT2D eigenvalue weighted by Gasteiger charge is 2.11. The topological polar surface area (TPSA) is 35.5 Å². The molecule has 0 fully saturated rings. The molecule has 1 aromatic rings. The van der Waals surface area contributed by atoms with Crippen LogP contribution in [0.5, 0.6) is 11.5 Å². The predicted molar refractivity (Wildman–Crippen MR) is 66.4 cm³/mol. The minimum atomic E-state index is 0.411. The normalized spacial score (nSPS) is 10.3. The fourth-order valence-corrected chi connectivity index (χ4v) is 1.77. The number of halogens is 1. The molecule has 0 atom stereocenters. The van der Waals surface area contributed by atoms with Crippen molar-refractivity contribution in [3.05, 3.63) is 22.2 Å². The average molecular weight is 287 g/mol. The third kappa shape index (κ3) is 3.23. The summed E-state index contributed by atoms with van der Waals surface area (Å²) < 4.78 is 11.4. The van der Waals surface area contributed by atoms with E-state index in [0.717, 1.165) is 10.8 Å². The maximum absolute atomic E-state index is 10.9. The van der Waals surface area contributed by atoms with Crippen molar-refractivity contribution in [1.29, 1.82) is 0 Å². The van der Waals surface area contributed by atoms with Crippen molar-refractivity contribution < 1.29 is 14.3 Å². The van der Waals surface area contributed by atoms with Gasteiger partial charge in [-0.1, -0.05) is 13.8 Å². The van der Waals surface area contributed by atoms with Crippen molar-refractivity contribution >= 4 is 22.2 Å². The van der Waals surface area contributed by atoms with Crippen LogP contribution in [0.3, 0.4) is 0 Å². The molecule has 0 aliphatic rings. The second kappa shape index (κ2) is 5.89. The minimum absolute atomic E-state index is 0.411. The molecule has 0 heterocycles. The van der Waals surface area contributed by atoms with Crippen LogP contribution in [0.25, 0.3) is 0 Å². The third-order valence-corrected chi connectivity index (χ3v) is 2.56. The highest BCUT2D eigenvalue weighted by molar-refractivity contribution is 9.10. The number of ether oxygens (including phenoxy) is 2.